The van der Waals surface area contributed by atoms with E-state index in [9.17, 15) is 9.59 Å². The van der Waals surface area contributed by atoms with Crippen LogP contribution in [0.4, 0.5) is 0 Å². The van der Waals surface area contributed by atoms with Crippen LogP contribution in [0, 0.1) is 5.92 Å². The van der Waals surface area contributed by atoms with Gasteiger partial charge < -0.3 is 9.88 Å². The number of fused-ring (bicyclic) bond motifs is 1. The van der Waals surface area contributed by atoms with Crippen molar-refractivity contribution >= 4 is 34.2 Å². The summed E-state index contributed by atoms with van der Waals surface area (Å²) in [5.74, 6) is 0.0677. The maximum Gasteiger partial charge on any atom is 0.220 e. The molecule has 1 heterocycles. The zero-order valence-electron chi connectivity index (χ0n) is 21.1. The molecule has 1 amide bonds. The SMILES string of the molecule is CCCCCCc1c(C(=O)CC(C)CC(=O)NC(C)C2=CC=CCC2)c2cc(Cl)ccc2n1C. The van der Waals surface area contributed by atoms with Gasteiger partial charge in [0.15, 0.2) is 5.78 Å². The highest BCUT2D eigenvalue weighted by molar-refractivity contribution is 6.31. The molecule has 2 atom stereocenters. The molecule has 5 heteroatoms. The maximum absolute atomic E-state index is 13.5. The van der Waals surface area contributed by atoms with Crippen molar-refractivity contribution in [3.8, 4) is 0 Å². The van der Waals surface area contributed by atoms with Crippen molar-refractivity contribution < 1.29 is 9.59 Å². The Balaban J connectivity index is 1.71. The number of benzene rings is 1. The number of Topliss-reactive ketones (excluding diaryl/α,β-unsaturated/α-hetero) is 1. The lowest BCUT2D eigenvalue weighted by Gasteiger charge is -2.20. The van der Waals surface area contributed by atoms with Crippen molar-refractivity contribution in [1.29, 1.82) is 0 Å². The second-order valence-electron chi connectivity index (χ2n) is 9.79. The van der Waals surface area contributed by atoms with Gasteiger partial charge in [0.2, 0.25) is 5.91 Å². The van der Waals surface area contributed by atoms with Crippen LogP contribution in [0.25, 0.3) is 10.9 Å². The number of carbonyl (C=O) groups is 2. The number of halogens is 1. The van der Waals surface area contributed by atoms with Gasteiger partial charge in [0.1, 0.15) is 0 Å². The van der Waals surface area contributed by atoms with Gasteiger partial charge in [-0.3, -0.25) is 9.59 Å². The number of unbranched alkanes of at least 4 members (excludes halogenated alkanes) is 3. The third-order valence-corrected chi connectivity index (χ3v) is 7.11. The summed E-state index contributed by atoms with van der Waals surface area (Å²) in [7, 11) is 2.04. The third kappa shape index (κ3) is 6.63. The largest absolute Gasteiger partial charge is 0.350 e. The molecule has 184 valence electrons. The molecule has 0 spiro atoms. The molecule has 1 N–H and O–H groups in total. The zero-order valence-corrected chi connectivity index (χ0v) is 21.9. The van der Waals surface area contributed by atoms with Crippen molar-refractivity contribution in [2.75, 3.05) is 0 Å². The molecule has 4 nitrogen and oxygen atoms in total. The summed E-state index contributed by atoms with van der Waals surface area (Å²) in [5, 5.41) is 4.67. The number of aromatic nitrogens is 1. The third-order valence-electron chi connectivity index (χ3n) is 6.88. The number of aryl methyl sites for hydroxylation is 1. The summed E-state index contributed by atoms with van der Waals surface area (Å²) in [4.78, 5) is 26.2. The summed E-state index contributed by atoms with van der Waals surface area (Å²) in [6.07, 6.45) is 14.5. The molecule has 1 aromatic carbocycles. The number of ketones is 1. The lowest BCUT2D eigenvalue weighted by atomic mass is 9.93. The quantitative estimate of drug-likeness (QED) is 0.254. The number of nitrogens with zero attached hydrogens (tertiary/aromatic N) is 1. The van der Waals surface area contributed by atoms with E-state index >= 15 is 0 Å². The first-order valence-electron chi connectivity index (χ1n) is 12.8. The van der Waals surface area contributed by atoms with Crippen LogP contribution in [-0.4, -0.2) is 22.3 Å². The van der Waals surface area contributed by atoms with E-state index in [4.69, 9.17) is 11.6 Å². The Kier molecular flexibility index (Phi) is 9.58. The molecule has 0 aliphatic heterocycles. The summed E-state index contributed by atoms with van der Waals surface area (Å²) in [6.45, 7) is 6.22. The van der Waals surface area contributed by atoms with Crippen LogP contribution in [0.2, 0.25) is 5.02 Å². The lowest BCUT2D eigenvalue weighted by molar-refractivity contribution is -0.122. The van der Waals surface area contributed by atoms with Gasteiger partial charge in [0.25, 0.3) is 0 Å². The van der Waals surface area contributed by atoms with Crippen molar-refractivity contribution in [1.82, 2.24) is 9.88 Å². The first-order chi connectivity index (χ1) is 16.3. The Morgan fingerprint density at radius 3 is 2.65 bits per heavy atom. The normalized spacial score (nSPS) is 15.3. The number of amides is 1. The Hall–Kier alpha value is -2.33. The summed E-state index contributed by atoms with van der Waals surface area (Å²) in [5.41, 5.74) is 4.16. The van der Waals surface area contributed by atoms with Crippen molar-refractivity contribution in [3.63, 3.8) is 0 Å². The van der Waals surface area contributed by atoms with Crippen molar-refractivity contribution in [2.24, 2.45) is 13.0 Å². The van der Waals surface area contributed by atoms with Crippen LogP contribution < -0.4 is 5.32 Å². The smallest absolute Gasteiger partial charge is 0.220 e. The Morgan fingerprint density at radius 2 is 1.94 bits per heavy atom. The van der Waals surface area contributed by atoms with Gasteiger partial charge in [-0.2, -0.15) is 0 Å². The van der Waals surface area contributed by atoms with Crippen LogP contribution in [0.1, 0.15) is 88.2 Å². The number of hydrogen-bond donors (Lipinski definition) is 1. The first kappa shape index (κ1) is 26.3. The average molecular weight is 483 g/mol. The fourth-order valence-corrected chi connectivity index (χ4v) is 5.15. The fraction of sp³-hybridized carbons (Fsp3) is 0.517. The predicted octanol–water partition coefficient (Wildman–Crippen LogP) is 7.33. The van der Waals surface area contributed by atoms with Crippen molar-refractivity contribution in [2.45, 2.75) is 84.6 Å². The van der Waals surface area contributed by atoms with Gasteiger partial charge in [-0.15, -0.1) is 0 Å². The molecular weight excluding hydrogens is 444 g/mol. The molecule has 1 aliphatic rings. The topological polar surface area (TPSA) is 51.1 Å². The van der Waals surface area contributed by atoms with Crippen LogP contribution >= 0.6 is 11.6 Å². The Bertz CT molecular complexity index is 1080. The van der Waals surface area contributed by atoms with E-state index in [-0.39, 0.29) is 23.7 Å². The van der Waals surface area contributed by atoms with Crippen LogP contribution in [-0.2, 0) is 18.3 Å². The Morgan fingerprint density at radius 1 is 1.15 bits per heavy atom. The second-order valence-corrected chi connectivity index (χ2v) is 10.2. The molecule has 1 aromatic heterocycles. The lowest BCUT2D eigenvalue weighted by Crippen LogP contribution is -2.35. The molecular formula is C29H39ClN2O2. The predicted molar refractivity (Wildman–Crippen MR) is 143 cm³/mol. The molecule has 1 aliphatic carbocycles. The standard InChI is InChI=1S/C29H39ClN2O2/c1-5-6-7-11-14-26-29(24-19-23(30)15-16-25(24)32(26)4)27(33)17-20(2)18-28(34)31-21(3)22-12-9-8-10-13-22/h8-9,12,15-16,19-21H,5-7,10-11,13-14,17-18H2,1-4H3,(H,31,34). The minimum atomic E-state index is -0.0395. The van der Waals surface area contributed by atoms with Gasteiger partial charge >= 0.3 is 0 Å². The maximum atomic E-state index is 13.5. The monoisotopic (exact) mass is 482 g/mol. The number of rotatable bonds is 12. The minimum absolute atomic E-state index is 0.00371. The van der Waals surface area contributed by atoms with Crippen LogP contribution in [0.3, 0.4) is 0 Å². The van der Waals surface area contributed by atoms with E-state index in [0.717, 1.165) is 54.3 Å². The van der Waals surface area contributed by atoms with E-state index in [1.54, 1.807) is 0 Å². The average Bonchev–Trinajstić information content (AvgIpc) is 3.07. The fourth-order valence-electron chi connectivity index (χ4n) is 4.97. The van der Waals surface area contributed by atoms with Gasteiger partial charge in [0.05, 0.1) is 0 Å². The van der Waals surface area contributed by atoms with Gasteiger partial charge in [0, 0.05) is 53.1 Å². The molecule has 0 saturated heterocycles. The van der Waals surface area contributed by atoms with E-state index < -0.39 is 0 Å². The molecule has 2 aromatic rings. The molecule has 0 radical (unpaired) electrons. The highest BCUT2D eigenvalue weighted by atomic mass is 35.5. The molecule has 0 saturated carbocycles. The number of carbonyl (C=O) groups excluding carboxylic acids is 2. The van der Waals surface area contributed by atoms with E-state index in [1.807, 2.05) is 39.1 Å². The number of allylic oxidation sites excluding steroid dienone is 3. The molecule has 0 fully saturated rings. The van der Waals surface area contributed by atoms with E-state index in [2.05, 4.69) is 35.0 Å². The van der Waals surface area contributed by atoms with Crippen molar-refractivity contribution in [3.05, 3.63) is 58.3 Å². The number of hydrogen-bond acceptors (Lipinski definition) is 2. The number of nitrogens with one attached hydrogen (secondary N) is 1. The van der Waals surface area contributed by atoms with Gasteiger partial charge in [-0.25, -0.2) is 0 Å². The second kappa shape index (κ2) is 12.4. The summed E-state index contributed by atoms with van der Waals surface area (Å²) in [6, 6.07) is 5.81. The highest BCUT2D eigenvalue weighted by Gasteiger charge is 2.24. The van der Waals surface area contributed by atoms with Crippen LogP contribution in [0.15, 0.2) is 42.0 Å². The molecule has 34 heavy (non-hydrogen) atoms. The first-order valence-corrected chi connectivity index (χ1v) is 13.1. The minimum Gasteiger partial charge on any atom is -0.350 e. The zero-order chi connectivity index (χ0) is 24.7. The van der Waals surface area contributed by atoms with Crippen LogP contribution in [0.5, 0.6) is 0 Å². The van der Waals surface area contributed by atoms with E-state index in [0.29, 0.717) is 17.9 Å². The van der Waals surface area contributed by atoms with Gasteiger partial charge in [-0.1, -0.05) is 62.9 Å². The van der Waals surface area contributed by atoms with Gasteiger partial charge in [-0.05, 0) is 62.3 Å². The Labute approximate surface area is 209 Å². The molecule has 0 bridgehead atoms. The molecule has 3 rings (SSSR count). The molecule has 2 unspecified atom stereocenters. The highest BCUT2D eigenvalue weighted by Crippen LogP contribution is 2.31. The van der Waals surface area contributed by atoms with E-state index in [1.165, 1.54) is 18.4 Å². The summed E-state index contributed by atoms with van der Waals surface area (Å²) >= 11 is 6.31. The summed E-state index contributed by atoms with van der Waals surface area (Å²) < 4.78 is 2.15.